The number of halogens is 1. The zero-order valence-corrected chi connectivity index (χ0v) is 12.6. The Morgan fingerprint density at radius 3 is 3.14 bits per heavy atom. The molecule has 1 atom stereocenters. The summed E-state index contributed by atoms with van der Waals surface area (Å²) in [6, 6.07) is 3.44. The summed E-state index contributed by atoms with van der Waals surface area (Å²) in [5.41, 5.74) is 0.735. The lowest BCUT2D eigenvalue weighted by molar-refractivity contribution is -0.118. The third kappa shape index (κ3) is 3.10. The molecule has 0 saturated carbocycles. The maximum Gasteiger partial charge on any atom is 0.376 e. The van der Waals surface area contributed by atoms with Gasteiger partial charge < -0.3 is 19.9 Å². The van der Waals surface area contributed by atoms with Gasteiger partial charge in [0.05, 0.1) is 0 Å². The van der Waals surface area contributed by atoms with E-state index in [0.717, 1.165) is 25.9 Å². The van der Waals surface area contributed by atoms with Gasteiger partial charge in [-0.2, -0.15) is 0 Å². The van der Waals surface area contributed by atoms with Crippen LogP contribution >= 0.6 is 0 Å². The second kappa shape index (κ2) is 6.26. The first-order valence-electron chi connectivity index (χ1n) is 7.70. The summed E-state index contributed by atoms with van der Waals surface area (Å²) in [4.78, 5) is 13.4. The lowest BCUT2D eigenvalue weighted by atomic mass is 9.79. The highest BCUT2D eigenvalue weighted by molar-refractivity contribution is 6.45. The van der Waals surface area contributed by atoms with Crippen molar-refractivity contribution in [2.24, 2.45) is 5.92 Å². The van der Waals surface area contributed by atoms with Crippen molar-refractivity contribution in [3.8, 4) is 5.75 Å². The number of benzene rings is 1. The molecule has 0 aliphatic carbocycles. The molecule has 0 radical (unpaired) electrons. The van der Waals surface area contributed by atoms with E-state index in [9.17, 15) is 14.2 Å². The molecular formula is C15H20BFN2O3. The third-order valence-electron chi connectivity index (χ3n) is 4.39. The topological polar surface area (TPSA) is 61.8 Å². The predicted octanol–water partition coefficient (Wildman–Crippen LogP) is 1.52. The molecule has 1 saturated heterocycles. The van der Waals surface area contributed by atoms with E-state index in [1.807, 2.05) is 4.81 Å². The van der Waals surface area contributed by atoms with E-state index in [4.69, 9.17) is 4.74 Å². The molecular weight excluding hydrogens is 286 g/mol. The van der Waals surface area contributed by atoms with Gasteiger partial charge in [0.1, 0.15) is 11.4 Å². The average molecular weight is 306 g/mol. The number of piperidine rings is 1. The molecule has 1 aromatic carbocycles. The molecule has 2 aliphatic rings. The first-order chi connectivity index (χ1) is 10.5. The molecule has 1 fully saturated rings. The summed E-state index contributed by atoms with van der Waals surface area (Å²) in [5.74, 6) is -0.0487. The number of amides is 1. The number of ether oxygens (including phenoxy) is 1. The van der Waals surface area contributed by atoms with E-state index in [1.165, 1.54) is 0 Å². The van der Waals surface area contributed by atoms with Gasteiger partial charge in [-0.3, -0.25) is 4.79 Å². The molecule has 0 aromatic heterocycles. The number of nitrogens with one attached hydrogen (secondary N) is 1. The van der Waals surface area contributed by atoms with Crippen LogP contribution in [0.2, 0.25) is 6.82 Å². The molecule has 22 heavy (non-hydrogen) atoms. The smallest absolute Gasteiger partial charge is 0.376 e. The summed E-state index contributed by atoms with van der Waals surface area (Å²) in [5, 5.41) is 12.2. The monoisotopic (exact) mass is 306 g/mol. The molecule has 7 heteroatoms. The molecule has 2 N–H and O–H groups in total. The fraction of sp³-hybridized carbons (Fsp3) is 0.533. The van der Waals surface area contributed by atoms with Crippen molar-refractivity contribution in [3.05, 3.63) is 23.5 Å². The highest BCUT2D eigenvalue weighted by Crippen LogP contribution is 2.34. The molecule has 2 heterocycles. The van der Waals surface area contributed by atoms with Crippen LogP contribution in [0.4, 0.5) is 10.1 Å². The van der Waals surface area contributed by atoms with Crippen LogP contribution < -0.4 is 10.1 Å². The molecule has 5 nitrogen and oxygen atoms in total. The molecule has 1 amide bonds. The van der Waals surface area contributed by atoms with E-state index < -0.39 is 12.9 Å². The first-order valence-corrected chi connectivity index (χ1v) is 7.70. The fourth-order valence-electron chi connectivity index (χ4n) is 3.23. The van der Waals surface area contributed by atoms with Crippen LogP contribution in [0.1, 0.15) is 18.4 Å². The predicted molar refractivity (Wildman–Crippen MR) is 82.4 cm³/mol. The molecule has 0 spiro atoms. The Labute approximate surface area is 129 Å². The summed E-state index contributed by atoms with van der Waals surface area (Å²) >= 11 is 0. The van der Waals surface area contributed by atoms with Gasteiger partial charge in [0.2, 0.25) is 0 Å². The van der Waals surface area contributed by atoms with Crippen LogP contribution in [0.25, 0.3) is 0 Å². The van der Waals surface area contributed by atoms with Gasteiger partial charge in [0, 0.05) is 0 Å². The largest absolute Gasteiger partial charge is 0.481 e. The summed E-state index contributed by atoms with van der Waals surface area (Å²) in [7, 11) is -0.469. The maximum absolute atomic E-state index is 14.6. The maximum atomic E-state index is 14.6. The van der Waals surface area contributed by atoms with Gasteiger partial charge in [-0.05, 0) is 56.7 Å². The van der Waals surface area contributed by atoms with E-state index in [-0.39, 0.29) is 18.2 Å². The number of fused-ring (bicyclic) bond motifs is 1. The van der Waals surface area contributed by atoms with Crippen LogP contribution in [-0.4, -0.2) is 42.5 Å². The number of anilines is 1. The number of hydrogen-bond acceptors (Lipinski definition) is 4. The van der Waals surface area contributed by atoms with Crippen LogP contribution in [-0.2, 0) is 11.2 Å². The van der Waals surface area contributed by atoms with Crippen LogP contribution in [0.3, 0.4) is 0 Å². The van der Waals surface area contributed by atoms with Crippen molar-refractivity contribution < 1.29 is 18.9 Å². The number of carbonyl (C=O) groups is 1. The molecule has 1 aromatic rings. The van der Waals surface area contributed by atoms with Crippen molar-refractivity contribution in [1.82, 2.24) is 4.81 Å². The summed E-state index contributed by atoms with van der Waals surface area (Å²) < 4.78 is 19.8. The number of carbonyl (C=O) groups excluding carboxylic acids is 1. The Hall–Kier alpha value is -1.60. The van der Waals surface area contributed by atoms with Crippen LogP contribution in [0.5, 0.6) is 5.75 Å². The highest BCUT2D eigenvalue weighted by Gasteiger charge is 2.27. The summed E-state index contributed by atoms with van der Waals surface area (Å²) in [6.45, 7) is 3.33. The second-order valence-corrected chi connectivity index (χ2v) is 6.09. The normalized spacial score (nSPS) is 21.8. The average Bonchev–Trinajstić information content (AvgIpc) is 2.51. The van der Waals surface area contributed by atoms with Crippen molar-refractivity contribution in [3.63, 3.8) is 0 Å². The van der Waals surface area contributed by atoms with Crippen molar-refractivity contribution in [2.75, 3.05) is 25.0 Å². The van der Waals surface area contributed by atoms with E-state index >= 15 is 0 Å². The third-order valence-corrected chi connectivity index (χ3v) is 4.39. The van der Waals surface area contributed by atoms with E-state index in [0.29, 0.717) is 23.7 Å². The summed E-state index contributed by atoms with van der Waals surface area (Å²) in [6.07, 6.45) is 2.61. The molecule has 2 aliphatic heterocycles. The second-order valence-electron chi connectivity index (χ2n) is 6.09. The molecule has 0 bridgehead atoms. The Bertz CT molecular complexity index is 582. The van der Waals surface area contributed by atoms with Crippen molar-refractivity contribution in [1.29, 1.82) is 0 Å². The first kappa shape index (κ1) is 15.3. The van der Waals surface area contributed by atoms with Gasteiger partial charge in [-0.1, -0.05) is 6.07 Å². The quantitative estimate of drug-likeness (QED) is 0.831. The molecule has 3 rings (SSSR count). The van der Waals surface area contributed by atoms with Gasteiger partial charge in [-0.25, -0.2) is 4.39 Å². The minimum atomic E-state index is -0.469. The van der Waals surface area contributed by atoms with Gasteiger partial charge >= 0.3 is 7.05 Å². The number of hydrogen-bond donors (Lipinski definition) is 2. The Morgan fingerprint density at radius 1 is 1.55 bits per heavy atom. The zero-order valence-electron chi connectivity index (χ0n) is 12.6. The highest BCUT2D eigenvalue weighted by atomic mass is 19.1. The van der Waals surface area contributed by atoms with Crippen molar-refractivity contribution >= 4 is 18.6 Å². The number of nitrogens with zero attached hydrogens (tertiary/aromatic N) is 1. The number of rotatable bonds is 3. The van der Waals surface area contributed by atoms with Crippen LogP contribution in [0, 0.1) is 11.7 Å². The van der Waals surface area contributed by atoms with Gasteiger partial charge in [0.25, 0.3) is 5.91 Å². The van der Waals surface area contributed by atoms with Gasteiger partial charge in [0.15, 0.2) is 12.4 Å². The Kier molecular flexibility index (Phi) is 4.36. The lowest BCUT2D eigenvalue weighted by Gasteiger charge is -2.33. The SMILES string of the molecule is CB(O)N1CCCC(Cc2ccc3c(c2F)NC(=O)CO3)C1. The van der Waals surface area contributed by atoms with E-state index in [2.05, 4.69) is 5.32 Å². The standard InChI is InChI=1S/C15H20BFN2O3/c1-16(21)19-6-2-3-10(8-19)7-11-4-5-12-15(14(11)17)18-13(20)9-22-12/h4-5,10,21H,2-3,6-9H2,1H3,(H,18,20). The molecule has 1 unspecified atom stereocenters. The van der Waals surface area contributed by atoms with Gasteiger partial charge in [-0.15, -0.1) is 0 Å². The van der Waals surface area contributed by atoms with Crippen LogP contribution in [0.15, 0.2) is 12.1 Å². The minimum absolute atomic E-state index is 0.0717. The van der Waals surface area contributed by atoms with Crippen molar-refractivity contribution in [2.45, 2.75) is 26.1 Å². The lowest BCUT2D eigenvalue weighted by Crippen LogP contribution is -2.44. The fourth-order valence-corrected chi connectivity index (χ4v) is 3.23. The molecule has 118 valence electrons. The Morgan fingerprint density at radius 2 is 2.36 bits per heavy atom. The Balaban J connectivity index is 1.75. The van der Waals surface area contributed by atoms with E-state index in [1.54, 1.807) is 19.0 Å². The zero-order chi connectivity index (χ0) is 15.7. The minimum Gasteiger partial charge on any atom is -0.481 e.